The molecule has 4 rings (SSSR count). The van der Waals surface area contributed by atoms with Gasteiger partial charge in [0.1, 0.15) is 5.75 Å². The third kappa shape index (κ3) is 2.60. The van der Waals surface area contributed by atoms with E-state index in [-0.39, 0.29) is 0 Å². The van der Waals surface area contributed by atoms with Crippen LogP contribution in [0.25, 0.3) is 17.0 Å². The van der Waals surface area contributed by atoms with Crippen molar-refractivity contribution in [3.8, 4) is 5.75 Å². The zero-order valence-electron chi connectivity index (χ0n) is 13.6. The number of H-pyrrole nitrogens is 1. The molecule has 4 nitrogen and oxygen atoms in total. The Morgan fingerprint density at radius 2 is 2.17 bits per heavy atom. The van der Waals surface area contributed by atoms with E-state index >= 15 is 0 Å². The van der Waals surface area contributed by atoms with Gasteiger partial charge < -0.3 is 9.72 Å². The van der Waals surface area contributed by atoms with Crippen LogP contribution in [-0.4, -0.2) is 29.3 Å². The number of pyridine rings is 1. The summed E-state index contributed by atoms with van der Waals surface area (Å²) in [6, 6.07) is 10.1. The molecule has 0 fully saturated rings. The van der Waals surface area contributed by atoms with Crippen LogP contribution in [0.5, 0.6) is 5.75 Å². The first-order valence-corrected chi connectivity index (χ1v) is 8.16. The summed E-state index contributed by atoms with van der Waals surface area (Å²) in [7, 11) is 1.71. The number of methoxy groups -OCH3 is 1. The van der Waals surface area contributed by atoms with Crippen LogP contribution >= 0.6 is 0 Å². The Labute approximate surface area is 140 Å². The number of benzene rings is 1. The highest BCUT2D eigenvalue weighted by Crippen LogP contribution is 2.31. The van der Waals surface area contributed by atoms with Crippen molar-refractivity contribution in [2.45, 2.75) is 12.8 Å². The summed E-state index contributed by atoms with van der Waals surface area (Å²) < 4.78 is 5.54. The first kappa shape index (κ1) is 14.7. The summed E-state index contributed by atoms with van der Waals surface area (Å²) in [5, 5.41) is 1.11. The van der Waals surface area contributed by atoms with Gasteiger partial charge in [-0.2, -0.15) is 0 Å². The van der Waals surface area contributed by atoms with Gasteiger partial charge in [-0.3, -0.25) is 9.98 Å². The molecule has 0 bridgehead atoms. The van der Waals surface area contributed by atoms with E-state index in [0.29, 0.717) is 0 Å². The van der Waals surface area contributed by atoms with Gasteiger partial charge in [-0.05, 0) is 48.8 Å². The zero-order chi connectivity index (χ0) is 16.4. The van der Waals surface area contributed by atoms with Crippen molar-refractivity contribution in [2.75, 3.05) is 13.7 Å². The van der Waals surface area contributed by atoms with Crippen molar-refractivity contribution >= 4 is 22.7 Å². The highest BCUT2D eigenvalue weighted by molar-refractivity contribution is 6.16. The SMILES string of the molecule is COc1cccc2[nH]cc(/C=C3\CCCN=C3c3cccnc3)c12. The Balaban J connectivity index is 1.83. The molecule has 0 amide bonds. The average molecular weight is 317 g/mol. The molecule has 3 heterocycles. The minimum Gasteiger partial charge on any atom is -0.496 e. The van der Waals surface area contributed by atoms with Crippen molar-refractivity contribution in [3.63, 3.8) is 0 Å². The van der Waals surface area contributed by atoms with Crippen LogP contribution in [-0.2, 0) is 0 Å². The number of allylic oxidation sites excluding steroid dienone is 1. The highest BCUT2D eigenvalue weighted by Gasteiger charge is 2.16. The topological polar surface area (TPSA) is 50.3 Å². The van der Waals surface area contributed by atoms with Crippen molar-refractivity contribution in [2.24, 2.45) is 4.99 Å². The second-order valence-corrected chi connectivity index (χ2v) is 5.87. The quantitative estimate of drug-likeness (QED) is 0.785. The van der Waals surface area contributed by atoms with E-state index < -0.39 is 0 Å². The van der Waals surface area contributed by atoms with Gasteiger partial charge >= 0.3 is 0 Å². The van der Waals surface area contributed by atoms with E-state index in [0.717, 1.165) is 52.9 Å². The third-order valence-electron chi connectivity index (χ3n) is 4.36. The van der Waals surface area contributed by atoms with E-state index in [1.165, 1.54) is 5.57 Å². The number of hydrogen-bond acceptors (Lipinski definition) is 3. The Hall–Kier alpha value is -2.88. The van der Waals surface area contributed by atoms with E-state index in [9.17, 15) is 0 Å². The van der Waals surface area contributed by atoms with Crippen LogP contribution in [0, 0.1) is 0 Å². The molecular formula is C20H19N3O. The normalized spacial score (nSPS) is 16.4. The molecule has 2 aromatic heterocycles. The summed E-state index contributed by atoms with van der Waals surface area (Å²) >= 11 is 0. The lowest BCUT2D eigenvalue weighted by molar-refractivity contribution is 0.420. The number of nitrogens with zero attached hydrogens (tertiary/aromatic N) is 2. The maximum atomic E-state index is 5.54. The number of ether oxygens (including phenoxy) is 1. The van der Waals surface area contributed by atoms with Gasteiger partial charge in [0.15, 0.2) is 0 Å². The fraction of sp³-hybridized carbons (Fsp3) is 0.200. The second-order valence-electron chi connectivity index (χ2n) is 5.87. The molecule has 0 saturated carbocycles. The lowest BCUT2D eigenvalue weighted by atomic mass is 9.94. The van der Waals surface area contributed by atoms with E-state index in [1.54, 1.807) is 13.3 Å². The lowest BCUT2D eigenvalue weighted by Gasteiger charge is -2.16. The van der Waals surface area contributed by atoms with Gasteiger partial charge in [-0.15, -0.1) is 0 Å². The Bertz CT molecular complexity index is 922. The molecule has 1 aliphatic heterocycles. The number of fused-ring (bicyclic) bond motifs is 1. The minimum atomic E-state index is 0.874. The van der Waals surface area contributed by atoms with Crippen molar-refractivity contribution in [1.82, 2.24) is 9.97 Å². The maximum Gasteiger partial charge on any atom is 0.128 e. The Morgan fingerprint density at radius 1 is 1.21 bits per heavy atom. The van der Waals surface area contributed by atoms with Crippen LogP contribution in [0.15, 0.2) is 59.5 Å². The summed E-state index contributed by atoms with van der Waals surface area (Å²) in [5.74, 6) is 0.885. The lowest BCUT2D eigenvalue weighted by Crippen LogP contribution is -2.11. The first-order chi connectivity index (χ1) is 11.9. The molecule has 120 valence electrons. The molecule has 24 heavy (non-hydrogen) atoms. The predicted molar refractivity (Wildman–Crippen MR) is 97.7 cm³/mol. The van der Waals surface area contributed by atoms with Crippen LogP contribution in [0.3, 0.4) is 0 Å². The summed E-state index contributed by atoms with van der Waals surface area (Å²) in [6.07, 6.45) is 10.0. The third-order valence-corrected chi connectivity index (χ3v) is 4.36. The number of rotatable bonds is 3. The van der Waals surface area contributed by atoms with Gasteiger partial charge in [-0.1, -0.05) is 6.07 Å². The molecule has 1 aliphatic rings. The van der Waals surface area contributed by atoms with Gasteiger partial charge in [-0.25, -0.2) is 0 Å². The molecule has 1 aromatic carbocycles. The van der Waals surface area contributed by atoms with E-state index in [4.69, 9.17) is 9.73 Å². The number of aliphatic imine (C=N–C) groups is 1. The van der Waals surface area contributed by atoms with Gasteiger partial charge in [0, 0.05) is 47.2 Å². The molecule has 0 aliphatic carbocycles. The van der Waals surface area contributed by atoms with E-state index in [2.05, 4.69) is 28.2 Å². The van der Waals surface area contributed by atoms with Gasteiger partial charge in [0.2, 0.25) is 0 Å². The number of hydrogen-bond donors (Lipinski definition) is 1. The summed E-state index contributed by atoms with van der Waals surface area (Å²) in [6.45, 7) is 0.874. The molecule has 0 unspecified atom stereocenters. The summed E-state index contributed by atoms with van der Waals surface area (Å²) in [4.78, 5) is 12.3. The molecule has 0 radical (unpaired) electrons. The van der Waals surface area contributed by atoms with E-state index in [1.807, 2.05) is 30.6 Å². The first-order valence-electron chi connectivity index (χ1n) is 8.16. The van der Waals surface area contributed by atoms with Crippen molar-refractivity contribution in [3.05, 3.63) is 65.6 Å². The van der Waals surface area contributed by atoms with Crippen LogP contribution in [0.1, 0.15) is 24.0 Å². The predicted octanol–water partition coefficient (Wildman–Crippen LogP) is 4.24. The largest absolute Gasteiger partial charge is 0.496 e. The smallest absolute Gasteiger partial charge is 0.128 e. The molecule has 4 heteroatoms. The number of nitrogens with one attached hydrogen (secondary N) is 1. The fourth-order valence-corrected chi connectivity index (χ4v) is 3.25. The Kier molecular flexibility index (Phi) is 3.87. The maximum absolute atomic E-state index is 5.54. The molecule has 0 spiro atoms. The minimum absolute atomic E-state index is 0.874. The molecule has 1 N–H and O–H groups in total. The number of aromatic amines is 1. The number of aromatic nitrogens is 2. The average Bonchev–Trinajstić information content (AvgIpc) is 3.06. The van der Waals surface area contributed by atoms with Gasteiger partial charge in [0.05, 0.1) is 12.8 Å². The monoisotopic (exact) mass is 317 g/mol. The van der Waals surface area contributed by atoms with Crippen LogP contribution < -0.4 is 4.74 Å². The van der Waals surface area contributed by atoms with Gasteiger partial charge in [0.25, 0.3) is 0 Å². The second kappa shape index (κ2) is 6.32. The summed E-state index contributed by atoms with van der Waals surface area (Å²) in [5.41, 5.74) is 5.60. The fourth-order valence-electron chi connectivity index (χ4n) is 3.25. The van der Waals surface area contributed by atoms with Crippen molar-refractivity contribution < 1.29 is 4.74 Å². The highest BCUT2D eigenvalue weighted by atomic mass is 16.5. The van der Waals surface area contributed by atoms with Crippen LogP contribution in [0.2, 0.25) is 0 Å². The molecule has 0 saturated heterocycles. The molecule has 3 aromatic rings. The zero-order valence-corrected chi connectivity index (χ0v) is 13.6. The van der Waals surface area contributed by atoms with Crippen LogP contribution in [0.4, 0.5) is 0 Å². The Morgan fingerprint density at radius 3 is 3.00 bits per heavy atom. The van der Waals surface area contributed by atoms with Crippen molar-refractivity contribution in [1.29, 1.82) is 0 Å². The molecular weight excluding hydrogens is 298 g/mol. The standard InChI is InChI=1S/C20H19N3O/c1-24-18-8-2-7-17-19(18)16(13-23-17)11-14-5-4-10-22-20(14)15-6-3-9-21-12-15/h2-3,6-9,11-13,23H,4-5,10H2,1H3/b14-11+. The molecule has 0 atom stereocenters.